The van der Waals surface area contributed by atoms with Crippen molar-refractivity contribution in [3.8, 4) is 11.1 Å². The van der Waals surface area contributed by atoms with Crippen LogP contribution in [0, 0.1) is 13.8 Å². The zero-order valence-corrected chi connectivity index (χ0v) is 9.75. The number of pyridine rings is 1. The Morgan fingerprint density at radius 2 is 1.82 bits per heavy atom. The van der Waals surface area contributed by atoms with Gasteiger partial charge in [0, 0.05) is 18.0 Å². The minimum Gasteiger partial charge on any atom is -0.265 e. The van der Waals surface area contributed by atoms with Crippen molar-refractivity contribution in [3.05, 3.63) is 48.2 Å². The van der Waals surface area contributed by atoms with Gasteiger partial charge in [-0.05, 0) is 37.6 Å². The van der Waals surface area contributed by atoms with Crippen LogP contribution in [0.5, 0.6) is 0 Å². The van der Waals surface area contributed by atoms with Crippen LogP contribution in [-0.2, 0) is 0 Å². The van der Waals surface area contributed by atoms with E-state index in [1.165, 1.54) is 0 Å². The van der Waals surface area contributed by atoms with Crippen LogP contribution in [0.3, 0.4) is 0 Å². The standard InChI is InChI=1S/C13H12N4/c1-9-7-12(11-3-5-14-6-4-11)13-15-10(2)8-17(13)16-9/h3-8H,1-2H3. The Morgan fingerprint density at radius 3 is 2.59 bits per heavy atom. The van der Waals surface area contributed by atoms with Crippen LogP contribution in [0.25, 0.3) is 16.8 Å². The van der Waals surface area contributed by atoms with E-state index in [0.29, 0.717) is 0 Å². The van der Waals surface area contributed by atoms with E-state index in [0.717, 1.165) is 28.2 Å². The van der Waals surface area contributed by atoms with Gasteiger partial charge in [-0.3, -0.25) is 4.98 Å². The molecule has 4 nitrogen and oxygen atoms in total. The quantitative estimate of drug-likeness (QED) is 0.637. The predicted molar refractivity (Wildman–Crippen MR) is 65.7 cm³/mol. The van der Waals surface area contributed by atoms with Gasteiger partial charge in [0.15, 0.2) is 5.65 Å². The molecule has 0 atom stereocenters. The van der Waals surface area contributed by atoms with Crippen LogP contribution in [0.1, 0.15) is 11.4 Å². The van der Waals surface area contributed by atoms with E-state index in [4.69, 9.17) is 0 Å². The molecule has 0 radical (unpaired) electrons. The molecule has 0 bridgehead atoms. The number of nitrogens with zero attached hydrogens (tertiary/aromatic N) is 4. The Balaban J connectivity index is 2.35. The number of imidazole rings is 1. The molecule has 3 rings (SSSR count). The van der Waals surface area contributed by atoms with Crippen molar-refractivity contribution in [1.29, 1.82) is 0 Å². The Bertz CT molecular complexity index is 670. The lowest BCUT2D eigenvalue weighted by Crippen LogP contribution is -1.96. The highest BCUT2D eigenvalue weighted by Gasteiger charge is 2.08. The largest absolute Gasteiger partial charge is 0.265 e. The second kappa shape index (κ2) is 3.66. The van der Waals surface area contributed by atoms with Gasteiger partial charge in [-0.2, -0.15) is 5.10 Å². The van der Waals surface area contributed by atoms with Gasteiger partial charge in [0.1, 0.15) is 0 Å². The molecule has 3 aromatic rings. The molecule has 0 saturated carbocycles. The van der Waals surface area contributed by atoms with E-state index in [-0.39, 0.29) is 0 Å². The zero-order valence-electron chi connectivity index (χ0n) is 9.75. The van der Waals surface area contributed by atoms with Gasteiger partial charge in [-0.25, -0.2) is 9.50 Å². The summed E-state index contributed by atoms with van der Waals surface area (Å²) in [6.07, 6.45) is 5.52. The molecule has 0 unspecified atom stereocenters. The predicted octanol–water partition coefficient (Wildman–Crippen LogP) is 2.41. The Labute approximate surface area is 99.0 Å². The van der Waals surface area contributed by atoms with Gasteiger partial charge in [0.05, 0.1) is 17.6 Å². The number of rotatable bonds is 1. The van der Waals surface area contributed by atoms with Crippen LogP contribution in [0.15, 0.2) is 36.8 Å². The maximum absolute atomic E-state index is 4.51. The summed E-state index contributed by atoms with van der Waals surface area (Å²) in [5.74, 6) is 0. The first-order valence-electron chi connectivity index (χ1n) is 5.48. The number of fused-ring (bicyclic) bond motifs is 1. The number of aryl methyl sites for hydroxylation is 2. The summed E-state index contributed by atoms with van der Waals surface area (Å²) in [4.78, 5) is 8.55. The molecule has 0 saturated heterocycles. The van der Waals surface area contributed by atoms with Crippen LogP contribution >= 0.6 is 0 Å². The van der Waals surface area contributed by atoms with Crippen LogP contribution in [0.4, 0.5) is 0 Å². The SMILES string of the molecule is Cc1cn2nc(C)cc(-c3ccncc3)c2n1. The molecular weight excluding hydrogens is 212 g/mol. The van der Waals surface area contributed by atoms with E-state index in [9.17, 15) is 0 Å². The van der Waals surface area contributed by atoms with Crippen LogP contribution < -0.4 is 0 Å². The first-order chi connectivity index (χ1) is 8.24. The summed E-state index contributed by atoms with van der Waals surface area (Å²) in [6, 6.07) is 6.02. The molecule has 0 spiro atoms. The van der Waals surface area contributed by atoms with Crippen molar-refractivity contribution in [3.63, 3.8) is 0 Å². The highest BCUT2D eigenvalue weighted by Crippen LogP contribution is 2.23. The van der Waals surface area contributed by atoms with Crippen molar-refractivity contribution in [2.24, 2.45) is 0 Å². The third-order valence-electron chi connectivity index (χ3n) is 2.66. The third kappa shape index (κ3) is 1.67. The first kappa shape index (κ1) is 9.96. The maximum atomic E-state index is 4.51. The minimum absolute atomic E-state index is 0.888. The molecule has 0 aliphatic heterocycles. The number of aromatic nitrogens is 4. The number of hydrogen-bond acceptors (Lipinski definition) is 3. The number of hydrogen-bond donors (Lipinski definition) is 0. The fourth-order valence-corrected chi connectivity index (χ4v) is 1.96. The highest BCUT2D eigenvalue weighted by molar-refractivity contribution is 5.77. The summed E-state index contributed by atoms with van der Waals surface area (Å²) in [6.45, 7) is 3.96. The van der Waals surface area contributed by atoms with Gasteiger partial charge < -0.3 is 0 Å². The monoisotopic (exact) mass is 224 g/mol. The van der Waals surface area contributed by atoms with Crippen molar-refractivity contribution in [2.75, 3.05) is 0 Å². The summed E-state index contributed by atoms with van der Waals surface area (Å²) in [5, 5.41) is 4.42. The van der Waals surface area contributed by atoms with Crippen LogP contribution in [0.2, 0.25) is 0 Å². The second-order valence-electron chi connectivity index (χ2n) is 4.09. The van der Waals surface area contributed by atoms with Crippen molar-refractivity contribution >= 4 is 5.65 Å². The minimum atomic E-state index is 0.888. The first-order valence-corrected chi connectivity index (χ1v) is 5.48. The van der Waals surface area contributed by atoms with Crippen molar-refractivity contribution in [1.82, 2.24) is 19.6 Å². The summed E-state index contributed by atoms with van der Waals surface area (Å²) in [5.41, 5.74) is 5.04. The summed E-state index contributed by atoms with van der Waals surface area (Å²) in [7, 11) is 0. The lowest BCUT2D eigenvalue weighted by atomic mass is 10.1. The third-order valence-corrected chi connectivity index (χ3v) is 2.66. The Kier molecular flexibility index (Phi) is 2.14. The maximum Gasteiger partial charge on any atom is 0.161 e. The van der Waals surface area contributed by atoms with E-state index in [1.54, 1.807) is 12.4 Å². The lowest BCUT2D eigenvalue weighted by Gasteiger charge is -2.04. The van der Waals surface area contributed by atoms with E-state index in [1.807, 2.05) is 36.7 Å². The lowest BCUT2D eigenvalue weighted by molar-refractivity contribution is 0.901. The smallest absolute Gasteiger partial charge is 0.161 e. The van der Waals surface area contributed by atoms with Gasteiger partial charge in [0.2, 0.25) is 0 Å². The van der Waals surface area contributed by atoms with Gasteiger partial charge in [-0.1, -0.05) is 0 Å². The zero-order chi connectivity index (χ0) is 11.8. The topological polar surface area (TPSA) is 43.1 Å². The fraction of sp³-hybridized carbons (Fsp3) is 0.154. The van der Waals surface area contributed by atoms with Crippen LogP contribution in [-0.4, -0.2) is 19.6 Å². The molecule has 0 fully saturated rings. The van der Waals surface area contributed by atoms with E-state index < -0.39 is 0 Å². The summed E-state index contributed by atoms with van der Waals surface area (Å²) < 4.78 is 1.83. The molecule has 0 N–H and O–H groups in total. The second-order valence-corrected chi connectivity index (χ2v) is 4.09. The van der Waals surface area contributed by atoms with Gasteiger partial charge >= 0.3 is 0 Å². The van der Waals surface area contributed by atoms with Crippen molar-refractivity contribution in [2.45, 2.75) is 13.8 Å². The molecular formula is C13H12N4. The molecule has 0 aliphatic carbocycles. The van der Waals surface area contributed by atoms with Crippen molar-refractivity contribution < 1.29 is 0 Å². The molecule has 0 amide bonds. The highest BCUT2D eigenvalue weighted by atomic mass is 15.2. The normalized spacial score (nSPS) is 10.9. The molecule has 3 heterocycles. The van der Waals surface area contributed by atoms with E-state index >= 15 is 0 Å². The van der Waals surface area contributed by atoms with E-state index in [2.05, 4.69) is 21.1 Å². The molecule has 0 aromatic carbocycles. The Morgan fingerprint density at radius 1 is 1.06 bits per heavy atom. The molecule has 4 heteroatoms. The molecule has 17 heavy (non-hydrogen) atoms. The molecule has 3 aromatic heterocycles. The summed E-state index contributed by atoms with van der Waals surface area (Å²) >= 11 is 0. The average Bonchev–Trinajstić information content (AvgIpc) is 2.69. The molecule has 0 aliphatic rings. The fourth-order valence-electron chi connectivity index (χ4n) is 1.96. The molecule has 84 valence electrons. The average molecular weight is 224 g/mol. The van der Waals surface area contributed by atoms with Gasteiger partial charge in [0.25, 0.3) is 0 Å². The Hall–Kier alpha value is -2.23. The van der Waals surface area contributed by atoms with Gasteiger partial charge in [-0.15, -0.1) is 0 Å².